The first-order chi connectivity index (χ1) is 12.2. The third kappa shape index (κ3) is 6.43. The number of piperidine rings is 1. The van der Waals surface area contributed by atoms with Gasteiger partial charge in [0.2, 0.25) is 11.8 Å². The number of amides is 2. The van der Waals surface area contributed by atoms with Crippen LogP contribution in [-0.4, -0.2) is 47.9 Å². The van der Waals surface area contributed by atoms with Gasteiger partial charge >= 0.3 is 0 Å². The van der Waals surface area contributed by atoms with Crippen molar-refractivity contribution in [3.05, 3.63) is 28.6 Å². The third-order valence-electron chi connectivity index (χ3n) is 4.20. The predicted molar refractivity (Wildman–Crippen MR) is 115 cm³/mol. The number of hydrogen-bond donors (Lipinski definition) is 2. The number of nitrogens with zero attached hydrogens (tertiary/aromatic N) is 2. The van der Waals surface area contributed by atoms with Gasteiger partial charge in [-0.3, -0.25) is 9.59 Å². The van der Waals surface area contributed by atoms with Crippen molar-refractivity contribution in [2.24, 2.45) is 11.7 Å². The number of halogens is 2. The number of thiazole rings is 1. The minimum Gasteiger partial charge on any atom is -0.355 e. The monoisotopic (exact) mass is 450 g/mol. The Bertz CT molecular complexity index is 724. The van der Waals surface area contributed by atoms with Crippen molar-refractivity contribution in [2.75, 3.05) is 26.2 Å². The van der Waals surface area contributed by atoms with Gasteiger partial charge in [0, 0.05) is 31.6 Å². The SMILES string of the molecule is Cl.Cl.NCCNC(=O)C1CCCN(C(=O)Cc2csc(-c3cccs3)n2)C1. The van der Waals surface area contributed by atoms with Crippen molar-refractivity contribution < 1.29 is 9.59 Å². The van der Waals surface area contributed by atoms with Gasteiger partial charge in [-0.2, -0.15) is 0 Å². The highest BCUT2D eigenvalue weighted by atomic mass is 35.5. The third-order valence-corrected chi connectivity index (χ3v) is 6.13. The highest BCUT2D eigenvalue weighted by molar-refractivity contribution is 7.20. The zero-order valence-corrected chi connectivity index (χ0v) is 18.0. The molecule has 150 valence electrons. The van der Waals surface area contributed by atoms with E-state index in [1.165, 1.54) is 0 Å². The fourth-order valence-electron chi connectivity index (χ4n) is 2.93. The Morgan fingerprint density at radius 2 is 2.15 bits per heavy atom. The molecule has 1 atom stereocenters. The highest BCUT2D eigenvalue weighted by Gasteiger charge is 2.28. The summed E-state index contributed by atoms with van der Waals surface area (Å²) in [4.78, 5) is 32.2. The zero-order valence-electron chi connectivity index (χ0n) is 14.8. The van der Waals surface area contributed by atoms with E-state index in [0.717, 1.165) is 28.4 Å². The molecule has 0 saturated carbocycles. The second-order valence-electron chi connectivity index (χ2n) is 6.06. The van der Waals surface area contributed by atoms with Crippen molar-refractivity contribution in [3.8, 4) is 9.88 Å². The molecule has 27 heavy (non-hydrogen) atoms. The second kappa shape index (κ2) is 11.6. The molecule has 3 heterocycles. The summed E-state index contributed by atoms with van der Waals surface area (Å²) in [5, 5.41) is 7.74. The second-order valence-corrected chi connectivity index (χ2v) is 7.86. The molecule has 0 bridgehead atoms. The Labute approximate surface area is 179 Å². The number of thiophene rings is 1. The summed E-state index contributed by atoms with van der Waals surface area (Å²) in [6.45, 7) is 2.10. The number of aromatic nitrogens is 1. The Kier molecular flexibility index (Phi) is 10.3. The van der Waals surface area contributed by atoms with Gasteiger partial charge in [0.05, 0.1) is 22.9 Å². The molecule has 0 radical (unpaired) electrons. The van der Waals surface area contributed by atoms with Crippen LogP contribution >= 0.6 is 47.5 Å². The summed E-state index contributed by atoms with van der Waals surface area (Å²) in [7, 11) is 0. The molecule has 10 heteroatoms. The number of nitrogens with one attached hydrogen (secondary N) is 1. The van der Waals surface area contributed by atoms with E-state index in [-0.39, 0.29) is 42.5 Å². The smallest absolute Gasteiger partial charge is 0.228 e. The molecule has 0 aromatic carbocycles. The van der Waals surface area contributed by atoms with Crippen molar-refractivity contribution in [2.45, 2.75) is 19.3 Å². The molecule has 0 spiro atoms. The molecule has 1 fully saturated rings. The van der Waals surface area contributed by atoms with E-state index in [4.69, 9.17) is 5.73 Å². The van der Waals surface area contributed by atoms with E-state index in [1.807, 2.05) is 22.9 Å². The first-order valence-electron chi connectivity index (χ1n) is 8.41. The number of nitrogens with two attached hydrogens (primary N) is 1. The standard InChI is InChI=1S/C17H22N4O2S2.2ClH/c18-5-6-19-16(23)12-3-1-7-21(10-12)15(22)9-13-11-25-17(20-13)14-4-2-8-24-14;;/h2,4,8,11-12H,1,3,5-7,9-10,18H2,(H,19,23);2*1H. The van der Waals surface area contributed by atoms with Gasteiger partial charge < -0.3 is 16.0 Å². The fraction of sp³-hybridized carbons (Fsp3) is 0.471. The van der Waals surface area contributed by atoms with Crippen LogP contribution < -0.4 is 11.1 Å². The van der Waals surface area contributed by atoms with Gasteiger partial charge in [0.15, 0.2) is 0 Å². The quantitative estimate of drug-likeness (QED) is 0.707. The van der Waals surface area contributed by atoms with Crippen LogP contribution in [0.1, 0.15) is 18.5 Å². The summed E-state index contributed by atoms with van der Waals surface area (Å²) in [5.41, 5.74) is 6.22. The van der Waals surface area contributed by atoms with Crippen molar-refractivity contribution in [1.29, 1.82) is 0 Å². The van der Waals surface area contributed by atoms with E-state index in [9.17, 15) is 9.59 Å². The van der Waals surface area contributed by atoms with E-state index < -0.39 is 0 Å². The van der Waals surface area contributed by atoms with Gasteiger partial charge in [-0.15, -0.1) is 47.5 Å². The summed E-state index contributed by atoms with van der Waals surface area (Å²) >= 11 is 3.21. The fourth-order valence-corrected chi connectivity index (χ4v) is 4.56. The molecule has 0 aliphatic carbocycles. The molecule has 3 N–H and O–H groups in total. The minimum atomic E-state index is -0.138. The molecule has 2 aromatic heterocycles. The molecular weight excluding hydrogens is 427 g/mol. The largest absolute Gasteiger partial charge is 0.355 e. The topological polar surface area (TPSA) is 88.3 Å². The van der Waals surface area contributed by atoms with Crippen molar-refractivity contribution in [3.63, 3.8) is 0 Å². The van der Waals surface area contributed by atoms with Crippen molar-refractivity contribution in [1.82, 2.24) is 15.2 Å². The summed E-state index contributed by atoms with van der Waals surface area (Å²) in [6.07, 6.45) is 1.96. The van der Waals surface area contributed by atoms with E-state index in [0.29, 0.717) is 32.6 Å². The van der Waals surface area contributed by atoms with Crippen LogP contribution in [0.3, 0.4) is 0 Å². The van der Waals surface area contributed by atoms with Gasteiger partial charge in [-0.05, 0) is 24.3 Å². The van der Waals surface area contributed by atoms with Crippen LogP contribution in [0.15, 0.2) is 22.9 Å². The average Bonchev–Trinajstić information content (AvgIpc) is 3.31. The molecule has 1 unspecified atom stereocenters. The lowest BCUT2D eigenvalue weighted by Gasteiger charge is -2.32. The minimum absolute atomic E-state index is 0. The van der Waals surface area contributed by atoms with Crippen LogP contribution in [0, 0.1) is 5.92 Å². The molecule has 2 aromatic rings. The van der Waals surface area contributed by atoms with Crippen LogP contribution in [0.2, 0.25) is 0 Å². The predicted octanol–water partition coefficient (Wildman–Crippen LogP) is 2.57. The first kappa shape index (κ1) is 23.8. The number of carbonyl (C=O) groups is 2. The first-order valence-corrected chi connectivity index (χ1v) is 10.2. The molecule has 1 aliphatic rings. The normalized spacial score (nSPS) is 16.2. The van der Waals surface area contributed by atoms with E-state index >= 15 is 0 Å². The van der Waals surface area contributed by atoms with Gasteiger partial charge in [0.25, 0.3) is 0 Å². The molecule has 3 rings (SSSR count). The lowest BCUT2D eigenvalue weighted by Crippen LogP contribution is -2.46. The maximum atomic E-state index is 12.6. The number of carbonyl (C=O) groups excluding carboxylic acids is 2. The molecular formula is C17H24Cl2N4O2S2. The summed E-state index contributed by atoms with van der Waals surface area (Å²) < 4.78 is 0. The van der Waals surface area contributed by atoms with Gasteiger partial charge in [-0.1, -0.05) is 6.07 Å². The highest BCUT2D eigenvalue weighted by Crippen LogP contribution is 2.28. The van der Waals surface area contributed by atoms with Crippen LogP contribution in [-0.2, 0) is 16.0 Å². The summed E-state index contributed by atoms with van der Waals surface area (Å²) in [6, 6.07) is 4.03. The van der Waals surface area contributed by atoms with E-state index in [2.05, 4.69) is 10.3 Å². The maximum Gasteiger partial charge on any atom is 0.228 e. The zero-order chi connectivity index (χ0) is 17.6. The van der Waals surface area contributed by atoms with Crippen LogP contribution in [0.25, 0.3) is 9.88 Å². The molecule has 1 aliphatic heterocycles. The molecule has 2 amide bonds. The summed E-state index contributed by atoms with van der Waals surface area (Å²) in [5.74, 6) is -0.0997. The number of rotatable bonds is 6. The Morgan fingerprint density at radius 3 is 2.85 bits per heavy atom. The Balaban J connectivity index is 0.00000182. The van der Waals surface area contributed by atoms with Gasteiger partial charge in [-0.25, -0.2) is 4.98 Å². The van der Waals surface area contributed by atoms with Crippen LogP contribution in [0.5, 0.6) is 0 Å². The lowest BCUT2D eigenvalue weighted by molar-refractivity contribution is -0.135. The van der Waals surface area contributed by atoms with Gasteiger partial charge in [0.1, 0.15) is 5.01 Å². The number of hydrogen-bond acceptors (Lipinski definition) is 6. The lowest BCUT2D eigenvalue weighted by atomic mass is 9.96. The average molecular weight is 451 g/mol. The molecule has 6 nitrogen and oxygen atoms in total. The van der Waals surface area contributed by atoms with Crippen LogP contribution in [0.4, 0.5) is 0 Å². The van der Waals surface area contributed by atoms with E-state index in [1.54, 1.807) is 27.6 Å². The number of likely N-dealkylation sites (tertiary alicyclic amines) is 1. The Hall–Kier alpha value is -1.19. The maximum absolute atomic E-state index is 12.6. The molecule has 1 saturated heterocycles. The van der Waals surface area contributed by atoms with Crippen molar-refractivity contribution >= 4 is 59.3 Å². The Morgan fingerprint density at radius 1 is 1.33 bits per heavy atom.